The fraction of sp³-hybridized carbons (Fsp3) is 0. The lowest BCUT2D eigenvalue weighted by atomic mass is 10.2. The highest BCUT2D eigenvalue weighted by Gasteiger charge is 2.15. The number of hydrogen-bond acceptors (Lipinski definition) is 2. The number of benzene rings is 1. The first-order chi connectivity index (χ1) is 5.54. The fourth-order valence-electron chi connectivity index (χ4n) is 0.783. The van der Waals surface area contributed by atoms with Crippen LogP contribution in [0.25, 0.3) is 0 Å². The molecule has 0 amide bonds. The zero-order valence-corrected chi connectivity index (χ0v) is 6.60. The summed E-state index contributed by atoms with van der Waals surface area (Å²) >= 11 is 5.36. The van der Waals surface area contributed by atoms with E-state index in [1.165, 1.54) is 0 Å². The predicted octanol–water partition coefficient (Wildman–Crippen LogP) is 1.76. The van der Waals surface area contributed by atoms with Gasteiger partial charge in [0.1, 0.15) is 11.4 Å². The molecule has 3 N–H and O–H groups in total. The molecular formula is C7H5ClFNO2. The summed E-state index contributed by atoms with van der Waals surface area (Å²) in [7, 11) is 0. The number of carboxylic acid groups (broad SMARTS) is 1. The Bertz CT molecular complexity index is 340. The van der Waals surface area contributed by atoms with E-state index in [1.54, 1.807) is 0 Å². The van der Waals surface area contributed by atoms with E-state index < -0.39 is 22.4 Å². The third-order valence-electron chi connectivity index (χ3n) is 1.34. The quantitative estimate of drug-likeness (QED) is 0.662. The van der Waals surface area contributed by atoms with Crippen LogP contribution in [0.2, 0.25) is 5.02 Å². The smallest absolute Gasteiger partial charge is 0.339 e. The Hall–Kier alpha value is -1.29. The minimum atomic E-state index is -1.34. The molecule has 0 fully saturated rings. The summed E-state index contributed by atoms with van der Waals surface area (Å²) in [5.74, 6) is -2.12. The third-order valence-corrected chi connectivity index (χ3v) is 1.71. The zero-order valence-electron chi connectivity index (χ0n) is 5.84. The molecule has 1 aromatic carbocycles. The van der Waals surface area contributed by atoms with Gasteiger partial charge in [-0.25, -0.2) is 9.18 Å². The maximum absolute atomic E-state index is 12.7. The van der Waals surface area contributed by atoms with Crippen molar-refractivity contribution in [2.45, 2.75) is 0 Å². The van der Waals surface area contributed by atoms with Crippen LogP contribution in [-0.4, -0.2) is 11.1 Å². The van der Waals surface area contributed by atoms with E-state index in [1.807, 2.05) is 0 Å². The predicted molar refractivity (Wildman–Crippen MR) is 42.8 cm³/mol. The Labute approximate surface area is 72.6 Å². The summed E-state index contributed by atoms with van der Waals surface area (Å²) < 4.78 is 12.7. The molecule has 1 rings (SSSR count). The van der Waals surface area contributed by atoms with Gasteiger partial charge in [0.2, 0.25) is 0 Å². The van der Waals surface area contributed by atoms with Crippen molar-refractivity contribution < 1.29 is 14.3 Å². The summed E-state index contributed by atoms with van der Waals surface area (Å²) in [6, 6.07) is 2.18. The van der Waals surface area contributed by atoms with E-state index >= 15 is 0 Å². The van der Waals surface area contributed by atoms with Gasteiger partial charge >= 0.3 is 5.97 Å². The largest absolute Gasteiger partial charge is 0.478 e. The second kappa shape index (κ2) is 2.98. The minimum Gasteiger partial charge on any atom is -0.478 e. The number of carbonyl (C=O) groups is 1. The van der Waals surface area contributed by atoms with Gasteiger partial charge in [-0.15, -0.1) is 0 Å². The Morgan fingerprint density at radius 2 is 2.17 bits per heavy atom. The van der Waals surface area contributed by atoms with E-state index in [4.69, 9.17) is 22.4 Å². The molecule has 0 unspecified atom stereocenters. The van der Waals surface area contributed by atoms with E-state index in [0.29, 0.717) is 0 Å². The second-order valence-electron chi connectivity index (χ2n) is 2.13. The molecule has 0 bridgehead atoms. The maximum atomic E-state index is 12.7. The van der Waals surface area contributed by atoms with Gasteiger partial charge in [-0.1, -0.05) is 11.6 Å². The molecule has 0 aliphatic carbocycles. The number of rotatable bonds is 1. The minimum absolute atomic E-state index is 0.0473. The lowest BCUT2D eigenvalue weighted by Gasteiger charge is -2.02. The molecule has 0 radical (unpaired) electrons. The number of nitrogens with two attached hydrogens (primary N) is 1. The molecule has 0 saturated carbocycles. The van der Waals surface area contributed by atoms with Crippen molar-refractivity contribution in [2.75, 3.05) is 5.73 Å². The molecular weight excluding hydrogens is 185 g/mol. The van der Waals surface area contributed by atoms with Crippen molar-refractivity contribution in [1.29, 1.82) is 0 Å². The molecule has 1 aromatic rings. The van der Waals surface area contributed by atoms with Gasteiger partial charge in [-0.05, 0) is 12.1 Å². The molecule has 0 aliphatic heterocycles. The van der Waals surface area contributed by atoms with Crippen LogP contribution >= 0.6 is 11.6 Å². The first kappa shape index (κ1) is 8.80. The Balaban J connectivity index is 3.43. The molecule has 0 spiro atoms. The zero-order chi connectivity index (χ0) is 9.30. The highest BCUT2D eigenvalue weighted by Crippen LogP contribution is 2.24. The molecule has 0 aliphatic rings. The average molecular weight is 190 g/mol. The number of hydrogen-bond donors (Lipinski definition) is 2. The van der Waals surface area contributed by atoms with Crippen LogP contribution in [0.3, 0.4) is 0 Å². The Kier molecular flexibility index (Phi) is 2.19. The van der Waals surface area contributed by atoms with E-state index in [2.05, 4.69) is 0 Å². The van der Waals surface area contributed by atoms with Gasteiger partial charge in [-0.3, -0.25) is 0 Å². The molecule has 3 nitrogen and oxygen atoms in total. The number of anilines is 1. The number of halogens is 2. The maximum Gasteiger partial charge on any atom is 0.339 e. The third kappa shape index (κ3) is 1.33. The van der Waals surface area contributed by atoms with Gasteiger partial charge in [-0.2, -0.15) is 0 Å². The van der Waals surface area contributed by atoms with Crippen molar-refractivity contribution in [1.82, 2.24) is 0 Å². The topological polar surface area (TPSA) is 63.3 Å². The summed E-state index contributed by atoms with van der Waals surface area (Å²) in [6.45, 7) is 0. The molecule has 0 saturated heterocycles. The molecule has 5 heteroatoms. The van der Waals surface area contributed by atoms with Crippen molar-refractivity contribution in [3.05, 3.63) is 28.5 Å². The molecule has 0 heterocycles. The van der Waals surface area contributed by atoms with E-state index in [-0.39, 0.29) is 5.69 Å². The monoisotopic (exact) mass is 189 g/mol. The van der Waals surface area contributed by atoms with Gasteiger partial charge in [0.25, 0.3) is 0 Å². The summed E-state index contributed by atoms with van der Waals surface area (Å²) in [5, 5.41) is 8.08. The molecule has 0 aromatic heterocycles. The van der Waals surface area contributed by atoms with Crippen LogP contribution in [0.1, 0.15) is 10.4 Å². The van der Waals surface area contributed by atoms with Crippen LogP contribution in [0.15, 0.2) is 12.1 Å². The van der Waals surface area contributed by atoms with Crippen LogP contribution < -0.4 is 5.73 Å². The van der Waals surface area contributed by atoms with Crippen molar-refractivity contribution in [3.8, 4) is 0 Å². The summed E-state index contributed by atoms with van der Waals surface area (Å²) in [4.78, 5) is 10.5. The summed E-state index contributed by atoms with van der Waals surface area (Å²) in [5.41, 5.74) is 4.82. The van der Waals surface area contributed by atoms with Gasteiger partial charge in [0, 0.05) is 5.69 Å². The summed E-state index contributed by atoms with van der Waals surface area (Å²) in [6.07, 6.45) is 0. The first-order valence-corrected chi connectivity index (χ1v) is 3.38. The van der Waals surface area contributed by atoms with E-state index in [9.17, 15) is 9.18 Å². The Morgan fingerprint density at radius 3 is 2.58 bits per heavy atom. The second-order valence-corrected chi connectivity index (χ2v) is 2.51. The van der Waals surface area contributed by atoms with Crippen LogP contribution in [0, 0.1) is 5.82 Å². The normalized spacial score (nSPS) is 9.83. The lowest BCUT2D eigenvalue weighted by molar-refractivity contribution is 0.0697. The van der Waals surface area contributed by atoms with Crippen molar-refractivity contribution in [3.63, 3.8) is 0 Å². The first-order valence-electron chi connectivity index (χ1n) is 3.01. The Morgan fingerprint density at radius 1 is 1.58 bits per heavy atom. The van der Waals surface area contributed by atoms with Gasteiger partial charge in [0.05, 0.1) is 5.02 Å². The van der Waals surface area contributed by atoms with Crippen molar-refractivity contribution in [2.24, 2.45) is 0 Å². The fourth-order valence-corrected chi connectivity index (χ4v) is 1.04. The van der Waals surface area contributed by atoms with Gasteiger partial charge < -0.3 is 10.8 Å². The van der Waals surface area contributed by atoms with Crippen LogP contribution in [0.5, 0.6) is 0 Å². The molecule has 12 heavy (non-hydrogen) atoms. The van der Waals surface area contributed by atoms with Crippen LogP contribution in [-0.2, 0) is 0 Å². The number of nitrogen functional groups attached to an aromatic ring is 1. The molecule has 64 valence electrons. The SMILES string of the molecule is Nc1ccc(F)c(Cl)c1C(=O)O. The van der Waals surface area contributed by atoms with Crippen molar-refractivity contribution >= 4 is 23.3 Å². The highest BCUT2D eigenvalue weighted by molar-refractivity contribution is 6.34. The average Bonchev–Trinajstić information content (AvgIpc) is 1.97. The number of aromatic carboxylic acids is 1. The lowest BCUT2D eigenvalue weighted by Crippen LogP contribution is -2.04. The standard InChI is InChI=1S/C7H5ClFNO2/c8-6-3(9)1-2-4(10)5(6)7(11)12/h1-2H,10H2,(H,11,12). The molecule has 0 atom stereocenters. The van der Waals surface area contributed by atoms with Gasteiger partial charge in [0.15, 0.2) is 0 Å². The number of carboxylic acids is 1. The highest BCUT2D eigenvalue weighted by atomic mass is 35.5. The van der Waals surface area contributed by atoms with Crippen LogP contribution in [0.4, 0.5) is 10.1 Å². The van der Waals surface area contributed by atoms with E-state index in [0.717, 1.165) is 12.1 Å².